The number of carbonyl (C=O) groups is 2. The van der Waals surface area contributed by atoms with Crippen LogP contribution in [0.3, 0.4) is 0 Å². The summed E-state index contributed by atoms with van der Waals surface area (Å²) in [5, 5.41) is 2.84. The summed E-state index contributed by atoms with van der Waals surface area (Å²) < 4.78 is 19.6. The zero-order valence-electron chi connectivity index (χ0n) is 16.9. The van der Waals surface area contributed by atoms with E-state index in [4.69, 9.17) is 4.74 Å². The molecule has 4 rings (SSSR count). The largest absolute Gasteiger partial charge is 0.495 e. The predicted molar refractivity (Wildman–Crippen MR) is 120 cm³/mol. The number of imide groups is 1. The summed E-state index contributed by atoms with van der Waals surface area (Å²) in [6.45, 7) is 1.96. The minimum atomic E-state index is -0.577. The maximum Gasteiger partial charge on any atom is 0.283 e. The van der Waals surface area contributed by atoms with Crippen molar-refractivity contribution in [3.8, 4) is 5.75 Å². The number of carbonyl (C=O) groups excluding carboxylic acids is 2. The van der Waals surface area contributed by atoms with E-state index in [2.05, 4.69) is 5.32 Å². The van der Waals surface area contributed by atoms with Gasteiger partial charge in [0.1, 0.15) is 22.2 Å². The molecule has 0 unspecified atom stereocenters. The molecule has 7 heteroatoms. The van der Waals surface area contributed by atoms with Crippen molar-refractivity contribution < 1.29 is 18.7 Å². The fourth-order valence-corrected chi connectivity index (χ4v) is 4.10. The normalized spacial score (nSPS) is 13.7. The number of nitrogens with zero attached hydrogens (tertiary/aromatic N) is 1. The first-order valence-electron chi connectivity index (χ1n) is 9.51. The zero-order valence-corrected chi connectivity index (χ0v) is 17.7. The Morgan fingerprint density at radius 2 is 1.58 bits per heavy atom. The Morgan fingerprint density at radius 3 is 2.29 bits per heavy atom. The molecular weight excluding hydrogens is 415 g/mol. The lowest BCUT2D eigenvalue weighted by Gasteiger charge is -2.18. The molecule has 0 atom stereocenters. The zero-order chi connectivity index (χ0) is 22.0. The number of rotatable bonds is 6. The van der Waals surface area contributed by atoms with Crippen molar-refractivity contribution >= 4 is 35.0 Å². The van der Waals surface area contributed by atoms with Gasteiger partial charge in [-0.25, -0.2) is 9.29 Å². The number of methoxy groups -OCH3 is 1. The number of hydrogen-bond acceptors (Lipinski definition) is 5. The van der Waals surface area contributed by atoms with Gasteiger partial charge in [-0.3, -0.25) is 9.59 Å². The standard InChI is InChI=1S/C24H19FN2O3S/c1-15-11-13-16(14-12-15)31-22-21(26-18-8-4-3-7-17(18)25)23(28)27(24(22)29)19-9-5-6-10-20(19)30-2/h3-14,26H,1-2H3. The Kier molecular flexibility index (Phi) is 5.77. The van der Waals surface area contributed by atoms with Gasteiger partial charge in [-0.05, 0) is 43.3 Å². The molecule has 0 spiro atoms. The minimum absolute atomic E-state index is 0.0200. The fourth-order valence-electron chi connectivity index (χ4n) is 3.17. The summed E-state index contributed by atoms with van der Waals surface area (Å²) in [4.78, 5) is 28.8. The summed E-state index contributed by atoms with van der Waals surface area (Å²) in [7, 11) is 1.47. The molecule has 0 radical (unpaired) electrons. The van der Waals surface area contributed by atoms with Gasteiger partial charge in [0.05, 0.1) is 18.5 Å². The molecule has 31 heavy (non-hydrogen) atoms. The second-order valence-corrected chi connectivity index (χ2v) is 7.93. The first kappa shape index (κ1) is 20.7. The molecule has 0 fully saturated rings. The average Bonchev–Trinajstić information content (AvgIpc) is 3.00. The molecule has 156 valence electrons. The van der Waals surface area contributed by atoms with Crippen LogP contribution in [0.15, 0.2) is 88.3 Å². The number of thioether (sulfide) groups is 1. The number of benzene rings is 3. The number of aryl methyl sites for hydroxylation is 1. The van der Waals surface area contributed by atoms with Crippen LogP contribution in [0.25, 0.3) is 0 Å². The molecule has 0 aromatic heterocycles. The molecule has 1 aliphatic rings. The third-order valence-electron chi connectivity index (χ3n) is 4.74. The third kappa shape index (κ3) is 4.04. The number of ether oxygens (including phenoxy) is 1. The highest BCUT2D eigenvalue weighted by molar-refractivity contribution is 8.04. The third-order valence-corrected chi connectivity index (χ3v) is 5.83. The molecule has 5 nitrogen and oxygen atoms in total. The fraction of sp³-hybridized carbons (Fsp3) is 0.0833. The molecule has 1 N–H and O–H groups in total. The van der Waals surface area contributed by atoms with Gasteiger partial charge in [0.15, 0.2) is 0 Å². The Hall–Kier alpha value is -3.58. The van der Waals surface area contributed by atoms with E-state index in [0.717, 1.165) is 27.1 Å². The number of halogens is 1. The SMILES string of the molecule is COc1ccccc1N1C(=O)C(Nc2ccccc2F)=C(Sc2ccc(C)cc2)C1=O. The topological polar surface area (TPSA) is 58.6 Å². The van der Waals surface area contributed by atoms with Crippen LogP contribution in [-0.2, 0) is 9.59 Å². The first-order chi connectivity index (χ1) is 15.0. The smallest absolute Gasteiger partial charge is 0.283 e. The molecule has 0 bridgehead atoms. The highest BCUT2D eigenvalue weighted by Crippen LogP contribution is 2.40. The second-order valence-electron chi connectivity index (χ2n) is 6.84. The second kappa shape index (κ2) is 8.65. The van der Waals surface area contributed by atoms with Gasteiger partial charge in [0, 0.05) is 4.90 Å². The highest BCUT2D eigenvalue weighted by atomic mass is 32.2. The van der Waals surface area contributed by atoms with E-state index < -0.39 is 17.6 Å². The first-order valence-corrected chi connectivity index (χ1v) is 10.3. The van der Waals surface area contributed by atoms with Crippen molar-refractivity contribution in [1.29, 1.82) is 0 Å². The highest BCUT2D eigenvalue weighted by Gasteiger charge is 2.41. The number of amides is 2. The monoisotopic (exact) mass is 434 g/mol. The van der Waals surface area contributed by atoms with Crippen LogP contribution in [0.2, 0.25) is 0 Å². The van der Waals surface area contributed by atoms with Gasteiger partial charge in [-0.2, -0.15) is 0 Å². The van der Waals surface area contributed by atoms with E-state index in [1.165, 1.54) is 19.2 Å². The van der Waals surface area contributed by atoms with Gasteiger partial charge < -0.3 is 10.1 Å². The van der Waals surface area contributed by atoms with Gasteiger partial charge in [0.2, 0.25) is 0 Å². The summed E-state index contributed by atoms with van der Waals surface area (Å²) in [6.07, 6.45) is 0. The Labute approximate surface area is 183 Å². The van der Waals surface area contributed by atoms with Crippen LogP contribution in [0.1, 0.15) is 5.56 Å². The van der Waals surface area contributed by atoms with Gasteiger partial charge in [-0.1, -0.05) is 53.7 Å². The molecule has 3 aromatic carbocycles. The van der Waals surface area contributed by atoms with Crippen LogP contribution in [0.5, 0.6) is 5.75 Å². The van der Waals surface area contributed by atoms with Crippen molar-refractivity contribution in [2.45, 2.75) is 11.8 Å². The molecule has 0 saturated heterocycles. The summed E-state index contributed by atoms with van der Waals surface area (Å²) >= 11 is 1.16. The summed E-state index contributed by atoms with van der Waals surface area (Å²) in [5.74, 6) is -1.21. The number of para-hydroxylation sites is 3. The lowest BCUT2D eigenvalue weighted by atomic mass is 10.2. The molecule has 2 amide bonds. The van der Waals surface area contributed by atoms with Crippen molar-refractivity contribution in [2.24, 2.45) is 0 Å². The molecule has 1 heterocycles. The van der Waals surface area contributed by atoms with Crippen LogP contribution in [0.4, 0.5) is 15.8 Å². The number of hydrogen-bond donors (Lipinski definition) is 1. The molecule has 0 aliphatic carbocycles. The lowest BCUT2D eigenvalue weighted by Crippen LogP contribution is -2.32. The van der Waals surface area contributed by atoms with Crippen LogP contribution >= 0.6 is 11.8 Å². The minimum Gasteiger partial charge on any atom is -0.495 e. The maximum absolute atomic E-state index is 14.3. The van der Waals surface area contributed by atoms with E-state index in [9.17, 15) is 14.0 Å². The molecule has 0 saturated carbocycles. The Bertz CT molecular complexity index is 1190. The van der Waals surface area contributed by atoms with E-state index in [1.54, 1.807) is 36.4 Å². The van der Waals surface area contributed by atoms with Gasteiger partial charge in [0.25, 0.3) is 11.8 Å². The van der Waals surface area contributed by atoms with Gasteiger partial charge in [-0.15, -0.1) is 0 Å². The van der Waals surface area contributed by atoms with E-state index >= 15 is 0 Å². The van der Waals surface area contributed by atoms with Crippen molar-refractivity contribution in [2.75, 3.05) is 17.3 Å². The Morgan fingerprint density at radius 1 is 0.903 bits per heavy atom. The summed E-state index contributed by atoms with van der Waals surface area (Å²) in [5.41, 5.74) is 1.54. The van der Waals surface area contributed by atoms with Crippen LogP contribution in [-0.4, -0.2) is 18.9 Å². The Balaban J connectivity index is 1.78. The average molecular weight is 434 g/mol. The van der Waals surface area contributed by atoms with Gasteiger partial charge >= 0.3 is 0 Å². The quantitative estimate of drug-likeness (QED) is 0.545. The van der Waals surface area contributed by atoms with Crippen LogP contribution < -0.4 is 15.0 Å². The van der Waals surface area contributed by atoms with Crippen molar-refractivity contribution in [1.82, 2.24) is 0 Å². The van der Waals surface area contributed by atoms with E-state index in [0.29, 0.717) is 11.4 Å². The number of nitrogens with one attached hydrogen (secondary N) is 1. The molecule has 1 aliphatic heterocycles. The maximum atomic E-state index is 14.3. The van der Waals surface area contributed by atoms with Crippen LogP contribution in [0, 0.1) is 12.7 Å². The number of anilines is 2. The van der Waals surface area contributed by atoms with E-state index in [-0.39, 0.29) is 16.3 Å². The lowest BCUT2D eigenvalue weighted by molar-refractivity contribution is -0.120. The summed E-state index contributed by atoms with van der Waals surface area (Å²) in [6, 6.07) is 20.4. The van der Waals surface area contributed by atoms with E-state index in [1.807, 2.05) is 31.2 Å². The van der Waals surface area contributed by atoms with Crippen molar-refractivity contribution in [3.63, 3.8) is 0 Å². The molecular formula is C24H19FN2O3S. The predicted octanol–water partition coefficient (Wildman–Crippen LogP) is 5.13. The van der Waals surface area contributed by atoms with Crippen molar-refractivity contribution in [3.05, 3.63) is 94.8 Å². The molecule has 3 aromatic rings.